The highest BCUT2D eigenvalue weighted by Crippen LogP contribution is 2.28. The lowest BCUT2D eigenvalue weighted by Gasteiger charge is -2.30. The second-order valence-electron chi connectivity index (χ2n) is 7.43. The van der Waals surface area contributed by atoms with Crippen molar-refractivity contribution in [2.75, 3.05) is 18.8 Å². The zero-order chi connectivity index (χ0) is 17.4. The zero-order valence-corrected chi connectivity index (χ0v) is 15.1. The molecule has 4 rings (SSSR count). The first-order chi connectivity index (χ1) is 12.1. The van der Waals surface area contributed by atoms with Crippen LogP contribution in [0.4, 0.5) is 5.69 Å². The molecule has 0 amide bonds. The number of aryl methyl sites for hydroxylation is 1. The summed E-state index contributed by atoms with van der Waals surface area (Å²) in [7, 11) is 0. The molecule has 25 heavy (non-hydrogen) atoms. The Morgan fingerprint density at radius 1 is 1.16 bits per heavy atom. The Bertz CT molecular complexity index is 888. The highest BCUT2D eigenvalue weighted by Gasteiger charge is 2.20. The van der Waals surface area contributed by atoms with E-state index in [1.54, 1.807) is 0 Å². The Morgan fingerprint density at radius 2 is 1.96 bits per heavy atom. The smallest absolute Gasteiger partial charge is 0.137 e. The van der Waals surface area contributed by atoms with Crippen molar-refractivity contribution in [3.63, 3.8) is 0 Å². The van der Waals surface area contributed by atoms with Gasteiger partial charge in [0.25, 0.3) is 0 Å². The third-order valence-corrected chi connectivity index (χ3v) is 5.28. The van der Waals surface area contributed by atoms with Gasteiger partial charge in [-0.05, 0) is 62.5 Å². The van der Waals surface area contributed by atoms with Crippen LogP contribution in [0, 0.1) is 12.8 Å². The number of imidazole rings is 1. The van der Waals surface area contributed by atoms with Crippen molar-refractivity contribution in [3.8, 4) is 11.3 Å². The summed E-state index contributed by atoms with van der Waals surface area (Å²) in [5, 5.41) is 0. The number of rotatable bonds is 3. The van der Waals surface area contributed by atoms with Crippen LogP contribution in [-0.2, 0) is 6.54 Å². The third kappa shape index (κ3) is 3.27. The number of aromatic nitrogens is 2. The number of hydrogen-bond donors (Lipinski definition) is 1. The molecule has 0 unspecified atom stereocenters. The van der Waals surface area contributed by atoms with E-state index in [-0.39, 0.29) is 0 Å². The van der Waals surface area contributed by atoms with E-state index < -0.39 is 0 Å². The molecule has 1 saturated heterocycles. The largest absolute Gasteiger partial charge is 0.399 e. The fraction of sp³-hybridized carbons (Fsp3) is 0.381. The van der Waals surface area contributed by atoms with Gasteiger partial charge in [0.2, 0.25) is 0 Å². The number of piperidine rings is 1. The molecular weight excluding hydrogens is 308 g/mol. The molecule has 4 heteroatoms. The molecule has 0 bridgehead atoms. The standard InChI is InChI=1S/C21H26N4/c1-15-8-10-24(11-9-15)14-19-21(17-4-3-5-18(22)12-17)23-20-7-6-16(2)13-25(19)20/h3-7,12-13,15H,8-11,14,22H2,1-2H3. The second-order valence-corrected chi connectivity index (χ2v) is 7.43. The minimum atomic E-state index is 0.781. The maximum atomic E-state index is 6.02. The van der Waals surface area contributed by atoms with Crippen molar-refractivity contribution < 1.29 is 0 Å². The average Bonchev–Trinajstić information content (AvgIpc) is 2.95. The summed E-state index contributed by atoms with van der Waals surface area (Å²) in [6.07, 6.45) is 4.76. The predicted molar refractivity (Wildman–Crippen MR) is 103 cm³/mol. The van der Waals surface area contributed by atoms with Crippen molar-refractivity contribution in [2.45, 2.75) is 33.2 Å². The predicted octanol–water partition coefficient (Wildman–Crippen LogP) is 4.12. The number of nitrogens with two attached hydrogens (primary N) is 1. The number of fused-ring (bicyclic) bond motifs is 1. The van der Waals surface area contributed by atoms with Gasteiger partial charge in [0.1, 0.15) is 5.65 Å². The SMILES string of the molecule is Cc1ccc2nc(-c3cccc(N)c3)c(CN3CCC(C)CC3)n2c1. The minimum absolute atomic E-state index is 0.781. The number of benzene rings is 1. The highest BCUT2D eigenvalue weighted by molar-refractivity contribution is 5.69. The van der Waals surface area contributed by atoms with E-state index in [0.717, 1.165) is 48.1 Å². The maximum absolute atomic E-state index is 6.02. The molecule has 0 aliphatic carbocycles. The molecule has 0 radical (unpaired) electrons. The number of nitrogen functional groups attached to an aromatic ring is 1. The van der Waals surface area contributed by atoms with Crippen LogP contribution in [0.2, 0.25) is 0 Å². The molecule has 0 saturated carbocycles. The average molecular weight is 334 g/mol. The Morgan fingerprint density at radius 3 is 2.72 bits per heavy atom. The van der Waals surface area contributed by atoms with E-state index in [0.29, 0.717) is 0 Å². The molecular formula is C21H26N4. The molecule has 4 nitrogen and oxygen atoms in total. The van der Waals surface area contributed by atoms with Crippen molar-refractivity contribution in [3.05, 3.63) is 53.9 Å². The fourth-order valence-corrected chi connectivity index (χ4v) is 3.70. The van der Waals surface area contributed by atoms with E-state index in [4.69, 9.17) is 10.7 Å². The van der Waals surface area contributed by atoms with Gasteiger partial charge in [-0.2, -0.15) is 0 Å². The van der Waals surface area contributed by atoms with Crippen LogP contribution >= 0.6 is 0 Å². The molecule has 2 aromatic heterocycles. The number of nitrogens with zero attached hydrogens (tertiary/aromatic N) is 3. The highest BCUT2D eigenvalue weighted by atomic mass is 15.2. The van der Waals surface area contributed by atoms with Gasteiger partial charge in [-0.25, -0.2) is 4.98 Å². The lowest BCUT2D eigenvalue weighted by atomic mass is 9.99. The zero-order valence-electron chi connectivity index (χ0n) is 15.1. The lowest BCUT2D eigenvalue weighted by molar-refractivity contribution is 0.183. The third-order valence-electron chi connectivity index (χ3n) is 5.28. The molecule has 3 aromatic rings. The van der Waals surface area contributed by atoms with Gasteiger partial charge < -0.3 is 10.1 Å². The molecule has 0 spiro atoms. The number of pyridine rings is 1. The molecule has 1 aromatic carbocycles. The van der Waals surface area contributed by atoms with Crippen molar-refractivity contribution in [2.24, 2.45) is 5.92 Å². The molecule has 1 aliphatic rings. The van der Waals surface area contributed by atoms with Gasteiger partial charge in [0.05, 0.1) is 11.4 Å². The summed E-state index contributed by atoms with van der Waals surface area (Å²) in [6.45, 7) is 7.74. The van der Waals surface area contributed by atoms with Crippen molar-refractivity contribution in [1.82, 2.24) is 14.3 Å². The van der Waals surface area contributed by atoms with E-state index in [1.165, 1.54) is 24.1 Å². The topological polar surface area (TPSA) is 46.6 Å². The number of likely N-dealkylation sites (tertiary alicyclic amines) is 1. The fourth-order valence-electron chi connectivity index (χ4n) is 3.70. The Balaban J connectivity index is 1.79. The Labute approximate surface area is 149 Å². The quantitative estimate of drug-likeness (QED) is 0.733. The van der Waals surface area contributed by atoms with Crippen LogP contribution in [0.25, 0.3) is 16.9 Å². The monoisotopic (exact) mass is 334 g/mol. The van der Waals surface area contributed by atoms with Crippen LogP contribution < -0.4 is 5.73 Å². The first kappa shape index (κ1) is 16.2. The summed E-state index contributed by atoms with van der Waals surface area (Å²) in [5.74, 6) is 0.842. The van der Waals surface area contributed by atoms with Gasteiger partial charge in [0, 0.05) is 24.0 Å². The maximum Gasteiger partial charge on any atom is 0.137 e. The van der Waals surface area contributed by atoms with Crippen LogP contribution in [0.3, 0.4) is 0 Å². The van der Waals surface area contributed by atoms with Crippen LogP contribution in [0.5, 0.6) is 0 Å². The van der Waals surface area contributed by atoms with Gasteiger partial charge in [0.15, 0.2) is 0 Å². The summed E-state index contributed by atoms with van der Waals surface area (Å²) >= 11 is 0. The van der Waals surface area contributed by atoms with E-state index >= 15 is 0 Å². The molecule has 130 valence electrons. The van der Waals surface area contributed by atoms with Crippen LogP contribution in [-0.4, -0.2) is 27.4 Å². The number of anilines is 1. The van der Waals surface area contributed by atoms with E-state index in [9.17, 15) is 0 Å². The van der Waals surface area contributed by atoms with Gasteiger partial charge >= 0.3 is 0 Å². The number of hydrogen-bond acceptors (Lipinski definition) is 3. The molecule has 1 aliphatic heterocycles. The summed E-state index contributed by atoms with van der Waals surface area (Å²) in [4.78, 5) is 7.48. The normalized spacial score (nSPS) is 16.6. The second kappa shape index (κ2) is 6.52. The lowest BCUT2D eigenvalue weighted by Crippen LogP contribution is -2.32. The molecule has 3 heterocycles. The Hall–Kier alpha value is -2.33. The van der Waals surface area contributed by atoms with Crippen LogP contribution in [0.1, 0.15) is 31.0 Å². The van der Waals surface area contributed by atoms with Crippen molar-refractivity contribution >= 4 is 11.3 Å². The molecule has 1 fully saturated rings. The van der Waals surface area contributed by atoms with E-state index in [2.05, 4.69) is 47.5 Å². The van der Waals surface area contributed by atoms with Crippen molar-refractivity contribution in [1.29, 1.82) is 0 Å². The summed E-state index contributed by atoms with van der Waals surface area (Å²) in [5.41, 5.74) is 12.5. The summed E-state index contributed by atoms with van der Waals surface area (Å²) in [6, 6.07) is 12.3. The van der Waals surface area contributed by atoms with E-state index in [1.807, 2.05) is 18.2 Å². The first-order valence-corrected chi connectivity index (χ1v) is 9.16. The molecule has 0 atom stereocenters. The van der Waals surface area contributed by atoms with Gasteiger partial charge in [-0.3, -0.25) is 4.90 Å². The molecule has 2 N–H and O–H groups in total. The summed E-state index contributed by atoms with van der Waals surface area (Å²) < 4.78 is 2.26. The Kier molecular flexibility index (Phi) is 4.22. The minimum Gasteiger partial charge on any atom is -0.399 e. The van der Waals surface area contributed by atoms with Gasteiger partial charge in [-0.15, -0.1) is 0 Å². The van der Waals surface area contributed by atoms with Crippen LogP contribution in [0.15, 0.2) is 42.6 Å². The first-order valence-electron chi connectivity index (χ1n) is 9.16. The van der Waals surface area contributed by atoms with Gasteiger partial charge in [-0.1, -0.05) is 25.1 Å².